The molecule has 0 amide bonds. The van der Waals surface area contributed by atoms with E-state index >= 15 is 0 Å². The van der Waals surface area contributed by atoms with E-state index in [1.165, 1.54) is 16.1 Å². The first-order valence-electron chi connectivity index (χ1n) is 43.7. The van der Waals surface area contributed by atoms with Crippen molar-refractivity contribution < 1.29 is 98.9 Å². The molecule has 14 aromatic heterocycles. The van der Waals surface area contributed by atoms with Gasteiger partial charge in [-0.3, -0.25) is 59.8 Å². The van der Waals surface area contributed by atoms with E-state index in [-0.39, 0.29) is 104 Å². The summed E-state index contributed by atoms with van der Waals surface area (Å²) in [6, 6.07) is 151. The molecule has 21 rings (SSSR count). The normalized spacial score (nSPS) is 9.30. The van der Waals surface area contributed by atoms with Crippen LogP contribution in [0.2, 0.25) is 0 Å². The molecular formula is C121H91N17Ni6S2. The van der Waals surface area contributed by atoms with Crippen molar-refractivity contribution in [2.75, 3.05) is 0 Å². The Kier molecular flexibility index (Phi) is 60.6. The number of rotatable bonds is 12. The van der Waals surface area contributed by atoms with Crippen LogP contribution in [0.4, 0.5) is 0 Å². The van der Waals surface area contributed by atoms with Crippen molar-refractivity contribution in [1.29, 1.82) is 10.5 Å². The number of aryl methyl sites for hydroxylation is 2. The zero-order chi connectivity index (χ0) is 98.5. The molecule has 0 unspecified atom stereocenters. The SMILES string of the molecule is CC(C)(C)c1cc[c-]cc1.Cc1c[c-]cc(C)n1.N#C[S-].[C-]#N.[N-]=C=S.[Ni+2].[Ni+2].[Ni+2].[Ni+2].[Ni+2].[Ni+2].[c-]1c(-c2ccccn2)cccc1-c1ccccn1.[c-]1c(-c2ccccn2)cccc1-c1ccccn1.[c-]1c(-c2ccccn2)cccc1-c1ccccn1.[c-]1c(-c2ccccn2)cccc1-c1ccccn1.[c-]1c(-c2ccccn2)cccc1-c1ccccn1.[c-]1c(-c2ccccn2)cccc1-c1ccccn1.[c-]1ccncc1. The molecule has 146 heavy (non-hydrogen) atoms. The van der Waals surface area contributed by atoms with Gasteiger partial charge < -0.3 is 39.8 Å². The van der Waals surface area contributed by atoms with Crippen LogP contribution in [0.1, 0.15) is 37.7 Å². The molecule has 0 aliphatic heterocycles. The number of aromatic nitrogens is 14. The fourth-order valence-electron chi connectivity index (χ4n) is 12.7. The first-order chi connectivity index (χ1) is 68.8. The van der Waals surface area contributed by atoms with Gasteiger partial charge in [0.05, 0.1) is 0 Å². The molecule has 732 valence electrons. The number of thiocarbonyl (C=S) groups is 1. The van der Waals surface area contributed by atoms with Crippen LogP contribution in [0.5, 0.6) is 0 Å². The second-order valence-corrected chi connectivity index (χ2v) is 30.3. The molecule has 21 aromatic rings. The van der Waals surface area contributed by atoms with Crippen molar-refractivity contribution in [1.82, 2.24) is 69.8 Å². The Hall–Kier alpha value is -15.4. The van der Waals surface area contributed by atoms with Gasteiger partial charge in [-0.25, -0.2) is 5.26 Å². The van der Waals surface area contributed by atoms with Crippen molar-refractivity contribution >= 4 is 30.0 Å². The minimum atomic E-state index is 0. The maximum absolute atomic E-state index is 7.13. The summed E-state index contributed by atoms with van der Waals surface area (Å²) in [5, 5.41) is 23.2. The van der Waals surface area contributed by atoms with Gasteiger partial charge in [-0.05, 0) is 78.2 Å². The van der Waals surface area contributed by atoms with E-state index in [0.717, 1.165) is 146 Å². The van der Waals surface area contributed by atoms with E-state index in [9.17, 15) is 0 Å². The minimum Gasteiger partial charge on any atom is -0.753 e. The zero-order valence-electron chi connectivity index (χ0n) is 79.2. The molecule has 0 atom stereocenters. The number of hydrogen-bond donors (Lipinski definition) is 0. The maximum atomic E-state index is 7.13. The first-order valence-corrected chi connectivity index (χ1v) is 44.5. The standard InChI is InChI=1S/6C16H11N2.C10H13.C7H8N.C5H4N.CHNS.CNS.CN.6Ni/c6*1-3-10-17-15(8-1)13-6-5-7-14(12-13)16-9-2-4-11-18-16;1-10(2,3)9-7-5-4-6-8-9;1-6-4-3-5-7(2)8-6;1-2-4-6-5-3-1;2*2-1-3;1-2;;;;;;/h6*1-11H;5-8H,1-3H3;4-5H,1-2H3;2-5H;3H;;;;;;;;/q9*-1;;2*-1;6*+2/p-1. The Labute approximate surface area is 927 Å². The maximum Gasteiger partial charge on any atom is 2.00 e. The molecule has 0 aliphatic carbocycles. The van der Waals surface area contributed by atoms with Gasteiger partial charge in [0.25, 0.3) is 0 Å². The second kappa shape index (κ2) is 71.9. The third kappa shape index (κ3) is 43.8. The molecule has 0 bridgehead atoms. The summed E-state index contributed by atoms with van der Waals surface area (Å²) in [5.74, 6) is 0. The van der Waals surface area contributed by atoms with Crippen LogP contribution in [0, 0.1) is 90.9 Å². The van der Waals surface area contributed by atoms with Crippen LogP contribution in [-0.4, -0.2) is 74.9 Å². The Morgan fingerprint density at radius 3 is 0.500 bits per heavy atom. The van der Waals surface area contributed by atoms with Gasteiger partial charge >= 0.3 is 98.9 Å². The third-order valence-corrected chi connectivity index (χ3v) is 19.1. The molecule has 14 heterocycles. The molecular weight excluding hydrogens is 2110 g/mol. The summed E-state index contributed by atoms with van der Waals surface area (Å²) >= 11 is 7.40. The molecule has 0 N–H and O–H groups in total. The number of nitrogens with zero attached hydrogens (tertiary/aromatic N) is 17. The molecule has 0 aliphatic rings. The van der Waals surface area contributed by atoms with Gasteiger partial charge in [-0.2, -0.15) is 77.5 Å². The summed E-state index contributed by atoms with van der Waals surface area (Å²) in [4.78, 5) is 59.9. The van der Waals surface area contributed by atoms with Gasteiger partial charge in [0.1, 0.15) is 0 Å². The van der Waals surface area contributed by atoms with Gasteiger partial charge in [0, 0.05) is 143 Å². The summed E-state index contributed by atoms with van der Waals surface area (Å²) in [5.41, 5.74) is 26.6. The van der Waals surface area contributed by atoms with Crippen LogP contribution >= 0.6 is 12.2 Å². The number of hydrogen-bond acceptors (Lipinski definition) is 18. The van der Waals surface area contributed by atoms with Crippen LogP contribution < -0.4 is 0 Å². The largest absolute Gasteiger partial charge is 2.00 e. The number of pyridine rings is 14. The molecule has 0 saturated heterocycles. The molecule has 0 fully saturated rings. The molecule has 25 heteroatoms. The van der Waals surface area contributed by atoms with E-state index < -0.39 is 0 Å². The Balaban J connectivity index is 0.000000342. The second-order valence-electron chi connectivity index (χ2n) is 30.0. The number of benzene rings is 7. The van der Waals surface area contributed by atoms with Crippen LogP contribution in [0.25, 0.3) is 140 Å². The van der Waals surface area contributed by atoms with E-state index in [0.29, 0.717) is 0 Å². The Morgan fingerprint density at radius 2 is 0.404 bits per heavy atom. The first kappa shape index (κ1) is 123. The number of thiocyanates is 1. The fourth-order valence-corrected chi connectivity index (χ4v) is 12.7. The Morgan fingerprint density at radius 1 is 0.253 bits per heavy atom. The summed E-state index contributed by atoms with van der Waals surface area (Å²) < 4.78 is 0. The summed E-state index contributed by atoms with van der Waals surface area (Å²) in [6.45, 7) is 15.3. The minimum absolute atomic E-state index is 0. The van der Waals surface area contributed by atoms with E-state index in [2.05, 4.69) is 182 Å². The molecule has 0 radical (unpaired) electrons. The Bertz CT molecular complexity index is 5870. The van der Waals surface area contributed by atoms with E-state index in [1.54, 1.807) is 98.9 Å². The van der Waals surface area contributed by atoms with Gasteiger partial charge in [0.2, 0.25) is 0 Å². The van der Waals surface area contributed by atoms with Crippen molar-refractivity contribution in [2.45, 2.75) is 40.0 Å². The van der Waals surface area contributed by atoms with Crippen LogP contribution in [0.15, 0.2) is 463 Å². The van der Waals surface area contributed by atoms with Crippen molar-refractivity contribution in [3.05, 3.63) is 546 Å². The average molecular weight is 2200 g/mol. The predicted molar refractivity (Wildman–Crippen MR) is 564 cm³/mol. The average Bonchev–Trinajstić information content (AvgIpc) is 0.851. The van der Waals surface area contributed by atoms with Crippen LogP contribution in [0.3, 0.4) is 0 Å². The number of nitriles is 1. The topological polar surface area (TPSA) is 250 Å². The molecule has 7 aromatic carbocycles. The smallest absolute Gasteiger partial charge is 0.753 e. The van der Waals surface area contributed by atoms with Crippen molar-refractivity contribution in [3.63, 3.8) is 0 Å². The van der Waals surface area contributed by atoms with Gasteiger partial charge in [0.15, 0.2) is 0 Å². The zero-order valence-corrected chi connectivity index (χ0v) is 86.8. The van der Waals surface area contributed by atoms with E-state index in [1.807, 2.05) is 366 Å². The van der Waals surface area contributed by atoms with Gasteiger partial charge in [-0.1, -0.05) is 288 Å². The summed E-state index contributed by atoms with van der Waals surface area (Å²) in [6.07, 6.45) is 24.8. The van der Waals surface area contributed by atoms with Crippen molar-refractivity contribution in [3.8, 4) is 140 Å². The molecule has 17 nitrogen and oxygen atoms in total. The van der Waals surface area contributed by atoms with E-state index in [4.69, 9.17) is 22.5 Å². The molecule has 0 spiro atoms. The molecule has 0 saturated carbocycles. The summed E-state index contributed by atoms with van der Waals surface area (Å²) in [7, 11) is 0. The fraction of sp³-hybridized carbons (Fsp3) is 0.0496. The predicted octanol–water partition coefficient (Wildman–Crippen LogP) is 27.6. The van der Waals surface area contributed by atoms with Gasteiger partial charge in [-0.15, -0.1) is 146 Å². The monoisotopic (exact) mass is 2190 g/mol. The quantitative estimate of drug-likeness (QED) is 0.0275. The van der Waals surface area contributed by atoms with Crippen LogP contribution in [-0.2, 0) is 117 Å². The third-order valence-electron chi connectivity index (χ3n) is 19.1. The number of isothiocyanates is 1. The van der Waals surface area contributed by atoms with Crippen molar-refractivity contribution in [2.24, 2.45) is 0 Å².